The summed E-state index contributed by atoms with van der Waals surface area (Å²) < 4.78 is 0. The molecule has 0 unspecified atom stereocenters. The monoisotopic (exact) mass is 156 g/mol. The van der Waals surface area contributed by atoms with Crippen molar-refractivity contribution in [3.8, 4) is 0 Å². The Morgan fingerprint density at radius 1 is 1.25 bits per heavy atom. The molecule has 0 spiro atoms. The zero-order valence-corrected chi connectivity index (χ0v) is 6.31. The van der Waals surface area contributed by atoms with Crippen LogP contribution in [0.5, 0.6) is 0 Å². The van der Waals surface area contributed by atoms with Crippen molar-refractivity contribution in [2.24, 2.45) is 5.11 Å². The smallest absolute Gasteiger partial charge is 0.0703 e. The molecule has 0 N–H and O–H groups in total. The highest BCUT2D eigenvalue weighted by Crippen LogP contribution is 2.17. The lowest BCUT2D eigenvalue weighted by Gasteiger charge is -1.98. The fourth-order valence-electron chi connectivity index (χ4n) is 1.11. The van der Waals surface area contributed by atoms with Crippen LogP contribution in [0.25, 0.3) is 16.4 Å². The minimum atomic E-state index is 0.480. The first kappa shape index (κ1) is 6.91. The first-order valence-electron chi connectivity index (χ1n) is 3.60. The summed E-state index contributed by atoms with van der Waals surface area (Å²) in [6, 6.07) is 9.46. The lowest BCUT2D eigenvalue weighted by molar-refractivity contribution is 1.37. The lowest BCUT2D eigenvalue weighted by Crippen LogP contribution is -1.75. The van der Waals surface area contributed by atoms with Crippen molar-refractivity contribution in [3.05, 3.63) is 42.1 Å². The number of hydrogen-bond donors (Lipinski definition) is 0. The average molecular weight is 156 g/mol. The Kier molecular flexibility index (Phi) is 1.55. The summed E-state index contributed by atoms with van der Waals surface area (Å²) in [7, 11) is 0. The Labute approximate surface area is 69.6 Å². The average Bonchev–Trinajstić information content (AvgIpc) is 2.17. The molecule has 3 heteroatoms. The summed E-state index contributed by atoms with van der Waals surface area (Å²) in [4.78, 5) is 4.10. The van der Waals surface area contributed by atoms with Crippen LogP contribution in [0.1, 0.15) is 0 Å². The van der Waals surface area contributed by atoms with E-state index in [1.54, 1.807) is 6.07 Å². The van der Waals surface area contributed by atoms with Gasteiger partial charge in [-0.1, -0.05) is 18.2 Å². The van der Waals surface area contributed by atoms with Crippen LogP contribution in [-0.2, 0) is 0 Å². The molecule has 0 radical (unpaired) electrons. The fraction of sp³-hybridized carbons (Fsp3) is 0. The molecule has 0 saturated carbocycles. The van der Waals surface area contributed by atoms with Crippen LogP contribution in [0.15, 0.2) is 41.6 Å². The predicted octanol–water partition coefficient (Wildman–Crippen LogP) is 2.89. The lowest BCUT2D eigenvalue weighted by atomic mass is 10.2. The second-order valence-electron chi connectivity index (χ2n) is 2.49. The first-order valence-corrected chi connectivity index (χ1v) is 3.60. The summed E-state index contributed by atoms with van der Waals surface area (Å²) in [5, 5.41) is 4.04. The third-order valence-electron chi connectivity index (χ3n) is 1.69. The van der Waals surface area contributed by atoms with E-state index in [1.807, 2.05) is 24.3 Å². The molecule has 2 aromatic rings. The molecule has 0 atom stereocenters. The van der Waals surface area contributed by atoms with Crippen molar-refractivity contribution in [1.29, 1.82) is 0 Å². The van der Waals surface area contributed by atoms with Crippen molar-refractivity contribution in [1.82, 2.24) is 4.98 Å². The highest BCUT2D eigenvalue weighted by atomic mass is 15.0. The maximum Gasteiger partial charge on any atom is 0.0703 e. The Bertz CT molecular complexity index is 423. The summed E-state index contributed by atoms with van der Waals surface area (Å²) in [6.07, 6.45) is 1.53. The Morgan fingerprint density at radius 2 is 2.08 bits per heavy atom. The van der Waals surface area contributed by atoms with E-state index in [2.05, 4.69) is 10.1 Å². The van der Waals surface area contributed by atoms with Crippen LogP contribution in [0.2, 0.25) is 0 Å². The van der Waals surface area contributed by atoms with Gasteiger partial charge in [-0.3, -0.25) is 4.98 Å². The van der Waals surface area contributed by atoms with Gasteiger partial charge in [0.05, 0.1) is 17.4 Å². The number of aromatic nitrogens is 1. The van der Waals surface area contributed by atoms with Gasteiger partial charge in [0.1, 0.15) is 0 Å². The molecule has 0 bridgehead atoms. The minimum Gasteiger partial charge on any atom is -0.706 e. The van der Waals surface area contributed by atoms with Gasteiger partial charge in [-0.25, -0.2) is 0 Å². The van der Waals surface area contributed by atoms with Gasteiger partial charge in [0, 0.05) is 5.39 Å². The van der Waals surface area contributed by atoms with Gasteiger partial charge in [-0.2, -0.15) is 0 Å². The maximum atomic E-state index is 8.48. The summed E-state index contributed by atoms with van der Waals surface area (Å²) in [5.41, 5.74) is 9.87. The van der Waals surface area contributed by atoms with Gasteiger partial charge < -0.3 is 10.6 Å². The summed E-state index contributed by atoms with van der Waals surface area (Å²) in [5.74, 6) is 0. The van der Waals surface area contributed by atoms with Crippen molar-refractivity contribution in [2.75, 3.05) is 0 Å². The third-order valence-corrected chi connectivity index (χ3v) is 1.69. The van der Waals surface area contributed by atoms with Gasteiger partial charge in [-0.05, 0) is 12.1 Å². The molecule has 58 valence electrons. The van der Waals surface area contributed by atoms with E-state index >= 15 is 0 Å². The summed E-state index contributed by atoms with van der Waals surface area (Å²) in [6.45, 7) is 0. The number of nitrogens with zero attached hydrogens (tertiary/aromatic N) is 3. The molecule has 1 aromatic heterocycles. The standard InChI is InChI=1S/C9H6N3/c10-12-8-5-7-3-1-2-4-9(7)11-6-8/h1-6H/q-1. The predicted molar refractivity (Wildman–Crippen MR) is 47.2 cm³/mol. The molecule has 0 amide bonds. The largest absolute Gasteiger partial charge is 0.706 e. The van der Waals surface area contributed by atoms with E-state index in [0.29, 0.717) is 5.69 Å². The Hall–Kier alpha value is -1.77. The number of pyridine rings is 1. The molecule has 0 aliphatic rings. The van der Waals surface area contributed by atoms with Crippen molar-refractivity contribution in [2.45, 2.75) is 0 Å². The normalized spacial score (nSPS) is 10.0. The van der Waals surface area contributed by atoms with Crippen LogP contribution in [0.3, 0.4) is 0 Å². The van der Waals surface area contributed by atoms with Crippen LogP contribution in [0.4, 0.5) is 5.69 Å². The fourth-order valence-corrected chi connectivity index (χ4v) is 1.11. The molecule has 1 heterocycles. The van der Waals surface area contributed by atoms with Crippen molar-refractivity contribution >= 4 is 16.6 Å². The highest BCUT2D eigenvalue weighted by Gasteiger charge is 1.92. The molecular formula is C9H6N3-. The zero-order chi connectivity index (χ0) is 8.39. The molecule has 2 rings (SSSR count). The number of rotatable bonds is 1. The first-order chi connectivity index (χ1) is 5.90. The maximum absolute atomic E-state index is 8.48. The minimum absolute atomic E-state index is 0.480. The van der Waals surface area contributed by atoms with Gasteiger partial charge in [0.25, 0.3) is 0 Å². The van der Waals surface area contributed by atoms with Gasteiger partial charge >= 0.3 is 0 Å². The molecule has 0 aliphatic carbocycles. The number of para-hydroxylation sites is 1. The molecule has 12 heavy (non-hydrogen) atoms. The van der Waals surface area contributed by atoms with E-state index in [9.17, 15) is 0 Å². The molecule has 0 aliphatic heterocycles. The second-order valence-corrected chi connectivity index (χ2v) is 2.49. The van der Waals surface area contributed by atoms with Gasteiger partial charge in [0.15, 0.2) is 0 Å². The Morgan fingerprint density at radius 3 is 2.92 bits per heavy atom. The third kappa shape index (κ3) is 1.05. The van der Waals surface area contributed by atoms with Crippen LogP contribution in [-0.4, -0.2) is 4.98 Å². The molecule has 0 fully saturated rings. The molecule has 0 saturated heterocycles. The summed E-state index contributed by atoms with van der Waals surface area (Å²) >= 11 is 0. The van der Waals surface area contributed by atoms with E-state index in [0.717, 1.165) is 10.9 Å². The topological polar surface area (TPSA) is 47.5 Å². The quantitative estimate of drug-likeness (QED) is 0.585. The van der Waals surface area contributed by atoms with E-state index in [4.69, 9.17) is 5.53 Å². The SMILES string of the molecule is [N-]=Nc1cnc2ccccc2c1. The van der Waals surface area contributed by atoms with E-state index in [-0.39, 0.29) is 0 Å². The van der Waals surface area contributed by atoms with Crippen molar-refractivity contribution < 1.29 is 0 Å². The number of fused-ring (bicyclic) bond motifs is 1. The van der Waals surface area contributed by atoms with Crippen molar-refractivity contribution in [3.63, 3.8) is 0 Å². The molecule has 3 nitrogen and oxygen atoms in total. The molecular weight excluding hydrogens is 150 g/mol. The number of benzene rings is 1. The van der Waals surface area contributed by atoms with Gasteiger partial charge in [-0.15, -0.1) is 0 Å². The molecule has 1 aromatic carbocycles. The van der Waals surface area contributed by atoms with Crippen LogP contribution < -0.4 is 0 Å². The van der Waals surface area contributed by atoms with Crippen LogP contribution in [0, 0.1) is 0 Å². The second kappa shape index (κ2) is 2.70. The number of hydrogen-bond acceptors (Lipinski definition) is 2. The Balaban J connectivity index is 2.75. The van der Waals surface area contributed by atoms with Crippen LogP contribution >= 0.6 is 0 Å². The van der Waals surface area contributed by atoms with Gasteiger partial charge in [0.2, 0.25) is 0 Å². The highest BCUT2D eigenvalue weighted by molar-refractivity contribution is 5.80. The zero-order valence-electron chi connectivity index (χ0n) is 6.31. The van der Waals surface area contributed by atoms with E-state index < -0.39 is 0 Å². The van der Waals surface area contributed by atoms with E-state index in [1.165, 1.54) is 6.20 Å².